The molecule has 3 unspecified atom stereocenters. The van der Waals surface area contributed by atoms with Gasteiger partial charge < -0.3 is 37.1 Å². The maximum Gasteiger partial charge on any atom is 0.239 e. The van der Waals surface area contributed by atoms with Gasteiger partial charge in [-0.05, 0) is 88.5 Å². The first-order chi connectivity index (χ1) is 16.3. The molecule has 4 atom stereocenters. The molecule has 3 rings (SSSR count). The fraction of sp³-hybridized carbons (Fsp3) is 0.900. The van der Waals surface area contributed by atoms with Crippen LogP contribution >= 0.6 is 11.6 Å². The van der Waals surface area contributed by atoms with E-state index in [-0.39, 0.29) is 46.3 Å². The third-order valence-corrected chi connectivity index (χ3v) is 8.40. The minimum Gasteiger partial charge on any atom is -0.412 e. The lowest BCUT2D eigenvalue weighted by molar-refractivity contribution is -0.139. The summed E-state index contributed by atoms with van der Waals surface area (Å²) in [6, 6.07) is -0.0421. The quantitative estimate of drug-likeness (QED) is 0.263. The molecule has 0 aromatic carbocycles. The maximum absolute atomic E-state index is 13.4. The van der Waals surface area contributed by atoms with E-state index in [0.717, 1.165) is 38.4 Å². The zero-order valence-corrected chi connectivity index (χ0v) is 25.9. The van der Waals surface area contributed by atoms with Gasteiger partial charge in [0.1, 0.15) is 0 Å². The van der Waals surface area contributed by atoms with Gasteiger partial charge in [0, 0.05) is 13.1 Å². The molecule has 8 nitrogen and oxygen atoms in total. The molecule has 1 heterocycles. The number of alkyl halides is 1. The predicted octanol–water partition coefficient (Wildman–Crippen LogP) is 4.12. The monoisotopic (exact) mass is 581 g/mol. The normalized spacial score (nSPS) is 25.2. The highest BCUT2D eigenvalue weighted by Gasteiger charge is 2.42. The molecule has 1 saturated heterocycles. The molecule has 1 amide bonds. The van der Waals surface area contributed by atoms with Crippen molar-refractivity contribution < 1.29 is 26.0 Å². The molecule has 2 aliphatic carbocycles. The number of hydrogen-bond acceptors (Lipinski definition) is 4. The molecular weight excluding hydrogens is 518 g/mol. The second-order valence-electron chi connectivity index (χ2n) is 13.0. The molecule has 0 bridgehead atoms. The Labute approximate surface area is 244 Å². The first kappa shape index (κ1) is 42.7. The zero-order chi connectivity index (χ0) is 26.2. The highest BCUT2D eigenvalue weighted by atomic mass is 35.5. The van der Waals surface area contributed by atoms with Crippen LogP contribution in [0.2, 0.25) is 0 Å². The summed E-state index contributed by atoms with van der Waals surface area (Å²) in [6.07, 6.45) is 13.3. The lowest BCUT2D eigenvalue weighted by atomic mass is 9.65. The van der Waals surface area contributed by atoms with Gasteiger partial charge in [-0.15, -0.1) is 11.6 Å². The van der Waals surface area contributed by atoms with E-state index in [9.17, 15) is 4.79 Å². The molecule has 236 valence electrons. The van der Waals surface area contributed by atoms with Crippen molar-refractivity contribution in [2.45, 2.75) is 118 Å². The zero-order valence-electron chi connectivity index (χ0n) is 25.1. The molecular formula is C30H64ClN3O5. The minimum absolute atomic E-state index is 0. The largest absolute Gasteiger partial charge is 0.412 e. The van der Waals surface area contributed by atoms with Crippen LogP contribution < -0.4 is 11.1 Å². The molecule has 2 fully saturated rings. The van der Waals surface area contributed by atoms with Crippen LogP contribution in [0.5, 0.6) is 0 Å². The molecule has 0 radical (unpaired) electrons. The van der Waals surface area contributed by atoms with Gasteiger partial charge in [-0.3, -0.25) is 4.79 Å². The number of piperidine rings is 1. The molecule has 0 aromatic heterocycles. The Hall–Kier alpha value is -0.740. The van der Waals surface area contributed by atoms with Crippen LogP contribution in [-0.2, 0) is 9.53 Å². The van der Waals surface area contributed by atoms with Crippen molar-refractivity contribution in [3.63, 3.8) is 0 Å². The van der Waals surface area contributed by atoms with E-state index in [1.807, 2.05) is 20.8 Å². The summed E-state index contributed by atoms with van der Waals surface area (Å²) >= 11 is 6.25. The third kappa shape index (κ3) is 14.1. The molecule has 9 N–H and O–H groups in total. The SMILES string of the molecule is C.CC(C)(C)OCN.CC(C)[C@@H](NCC1CCCC1)C(=O)N1CCC(C2C=CC(Cl)CC2)C(C)(C)C1.O.O.O. The Morgan fingerprint density at radius 3 is 2.08 bits per heavy atom. The van der Waals surface area contributed by atoms with Gasteiger partial charge in [0.15, 0.2) is 0 Å². The standard InChI is InChI=1S/C24H41ClN2O.C5H13NO.CH4.3H2O/c1-17(2)22(26-15-18-7-5-6-8-18)23(28)27-14-13-21(24(3,4)16-27)19-9-11-20(25)12-10-19;1-5(2,3)7-4-6;;;;/h9,11,17-22,26H,5-8,10,12-16H2,1-4H3;4,6H2,1-3H3;1H4;3*1H2/t19?,20?,21?,22-;;;;;/m1...../s1. The van der Waals surface area contributed by atoms with Gasteiger partial charge >= 0.3 is 0 Å². The lowest BCUT2D eigenvalue weighted by Gasteiger charge is -2.48. The van der Waals surface area contributed by atoms with Gasteiger partial charge in [-0.1, -0.05) is 60.1 Å². The Balaban J connectivity index is -0.00000105. The van der Waals surface area contributed by atoms with Gasteiger partial charge in [0.25, 0.3) is 0 Å². The Morgan fingerprint density at radius 2 is 1.67 bits per heavy atom. The highest BCUT2D eigenvalue weighted by molar-refractivity contribution is 6.21. The van der Waals surface area contributed by atoms with Crippen molar-refractivity contribution in [2.75, 3.05) is 26.4 Å². The van der Waals surface area contributed by atoms with E-state index in [2.05, 4.69) is 50.1 Å². The average molecular weight is 582 g/mol. The van der Waals surface area contributed by atoms with Gasteiger partial charge in [-0.2, -0.15) is 0 Å². The number of allylic oxidation sites excluding steroid dienone is 2. The molecule has 39 heavy (non-hydrogen) atoms. The summed E-state index contributed by atoms with van der Waals surface area (Å²) in [5.74, 6) is 2.67. The number of hydrogen-bond donors (Lipinski definition) is 2. The maximum atomic E-state index is 13.4. The Morgan fingerprint density at radius 1 is 1.08 bits per heavy atom. The molecule has 0 spiro atoms. The summed E-state index contributed by atoms with van der Waals surface area (Å²) in [7, 11) is 0. The van der Waals surface area contributed by atoms with Crippen LogP contribution in [0.3, 0.4) is 0 Å². The first-order valence-corrected chi connectivity index (χ1v) is 14.5. The average Bonchev–Trinajstić information content (AvgIpc) is 3.27. The number of amides is 1. The van der Waals surface area contributed by atoms with Crippen LogP contribution in [0.4, 0.5) is 0 Å². The molecule has 0 aromatic rings. The second-order valence-corrected chi connectivity index (χ2v) is 13.6. The van der Waals surface area contributed by atoms with Crippen LogP contribution in [0, 0.1) is 29.1 Å². The van der Waals surface area contributed by atoms with E-state index in [0.29, 0.717) is 30.4 Å². The van der Waals surface area contributed by atoms with Gasteiger partial charge in [0.2, 0.25) is 5.91 Å². The van der Waals surface area contributed by atoms with Gasteiger partial charge in [-0.25, -0.2) is 0 Å². The number of ether oxygens (including phenoxy) is 1. The van der Waals surface area contributed by atoms with E-state index in [1.54, 1.807) is 0 Å². The van der Waals surface area contributed by atoms with Gasteiger partial charge in [0.05, 0.1) is 23.8 Å². The second kappa shape index (κ2) is 19.4. The van der Waals surface area contributed by atoms with Crippen molar-refractivity contribution >= 4 is 17.5 Å². The van der Waals surface area contributed by atoms with Crippen molar-refractivity contribution in [3.05, 3.63) is 12.2 Å². The van der Waals surface area contributed by atoms with Crippen LogP contribution in [0.25, 0.3) is 0 Å². The number of carbonyl (C=O) groups excluding carboxylic acids is 1. The fourth-order valence-electron chi connectivity index (χ4n) is 6.06. The summed E-state index contributed by atoms with van der Waals surface area (Å²) in [5, 5.41) is 3.86. The fourth-order valence-corrected chi connectivity index (χ4v) is 6.27. The lowest BCUT2D eigenvalue weighted by Crippen LogP contribution is -2.56. The number of nitrogens with two attached hydrogens (primary N) is 1. The molecule has 1 aliphatic heterocycles. The number of halogens is 1. The van der Waals surface area contributed by atoms with E-state index in [1.165, 1.54) is 32.1 Å². The molecule has 3 aliphatic rings. The predicted molar refractivity (Wildman–Crippen MR) is 166 cm³/mol. The van der Waals surface area contributed by atoms with Crippen molar-refractivity contribution in [1.82, 2.24) is 10.2 Å². The smallest absolute Gasteiger partial charge is 0.239 e. The van der Waals surface area contributed by atoms with Crippen molar-refractivity contribution in [3.8, 4) is 0 Å². The number of nitrogens with one attached hydrogen (secondary N) is 1. The van der Waals surface area contributed by atoms with Crippen molar-refractivity contribution in [2.24, 2.45) is 34.8 Å². The molecule has 9 heteroatoms. The number of rotatable bonds is 7. The summed E-state index contributed by atoms with van der Waals surface area (Å²) in [4.78, 5) is 15.5. The van der Waals surface area contributed by atoms with Crippen LogP contribution in [-0.4, -0.2) is 70.6 Å². The third-order valence-electron chi connectivity index (χ3n) is 8.03. The number of carbonyl (C=O) groups is 1. The Kier molecular flexibility index (Phi) is 21.2. The topological polar surface area (TPSA) is 162 Å². The van der Waals surface area contributed by atoms with Crippen molar-refractivity contribution in [1.29, 1.82) is 0 Å². The minimum atomic E-state index is -0.0747. The number of likely N-dealkylation sites (tertiary alicyclic amines) is 1. The number of nitrogens with zero attached hydrogens (tertiary/aromatic N) is 1. The van der Waals surface area contributed by atoms with Crippen LogP contribution in [0.15, 0.2) is 12.2 Å². The first-order valence-electron chi connectivity index (χ1n) is 14.0. The highest BCUT2D eigenvalue weighted by Crippen LogP contribution is 2.43. The summed E-state index contributed by atoms with van der Waals surface area (Å²) in [5.41, 5.74) is 5.17. The van der Waals surface area contributed by atoms with Crippen LogP contribution in [0.1, 0.15) is 101 Å². The summed E-state index contributed by atoms with van der Waals surface area (Å²) in [6.45, 7) is 18.1. The Bertz CT molecular complexity index is 678. The molecule has 1 saturated carbocycles. The van der Waals surface area contributed by atoms with E-state index < -0.39 is 0 Å². The van der Waals surface area contributed by atoms with E-state index in [4.69, 9.17) is 22.1 Å². The summed E-state index contributed by atoms with van der Waals surface area (Å²) < 4.78 is 5.01. The van der Waals surface area contributed by atoms with E-state index >= 15 is 0 Å².